The molecule has 1 unspecified atom stereocenters. The van der Waals surface area contributed by atoms with Gasteiger partial charge in [-0.3, -0.25) is 0 Å². The lowest BCUT2D eigenvalue weighted by molar-refractivity contribution is 0.266. The molecule has 0 radical (unpaired) electrons. The molecule has 3 atom stereocenters. The second-order valence-electron chi connectivity index (χ2n) is 3.56. The highest BCUT2D eigenvalue weighted by Gasteiger charge is 2.21. The van der Waals surface area contributed by atoms with Crippen LogP contribution < -0.4 is 5.73 Å². The largest absolute Gasteiger partial charge is 0.327 e. The molecule has 0 aliphatic heterocycles. The molecule has 0 aromatic carbocycles. The van der Waals surface area contributed by atoms with Crippen LogP contribution in [0.25, 0.3) is 0 Å². The van der Waals surface area contributed by atoms with Gasteiger partial charge in [0.05, 0.1) is 0 Å². The van der Waals surface area contributed by atoms with Gasteiger partial charge >= 0.3 is 0 Å². The van der Waals surface area contributed by atoms with Crippen molar-refractivity contribution in [3.63, 3.8) is 0 Å². The van der Waals surface area contributed by atoms with E-state index in [9.17, 15) is 0 Å². The summed E-state index contributed by atoms with van der Waals surface area (Å²) in [7, 11) is 0. The number of rotatable bonds is 0. The molecule has 1 aliphatic carbocycles. The summed E-state index contributed by atoms with van der Waals surface area (Å²) in [6.07, 6.45) is 3.96. The van der Waals surface area contributed by atoms with Gasteiger partial charge in [-0.25, -0.2) is 0 Å². The molecule has 1 rings (SSSR count). The van der Waals surface area contributed by atoms with Crippen molar-refractivity contribution in [2.24, 2.45) is 17.6 Å². The van der Waals surface area contributed by atoms with Crippen molar-refractivity contribution in [1.29, 1.82) is 0 Å². The predicted octanol–water partition coefficient (Wildman–Crippen LogP) is 1.77. The van der Waals surface area contributed by atoms with Crippen molar-refractivity contribution < 1.29 is 0 Å². The fourth-order valence-corrected chi connectivity index (χ4v) is 1.58. The molecule has 0 aromatic rings. The van der Waals surface area contributed by atoms with Gasteiger partial charge in [-0.05, 0) is 24.7 Å². The van der Waals surface area contributed by atoms with Gasteiger partial charge in [-0.2, -0.15) is 0 Å². The molecule has 0 amide bonds. The van der Waals surface area contributed by atoms with E-state index in [0.29, 0.717) is 6.04 Å². The second-order valence-corrected chi connectivity index (χ2v) is 3.56. The first kappa shape index (κ1) is 7.07. The topological polar surface area (TPSA) is 26.0 Å². The smallest absolute Gasteiger partial charge is 0.00670 e. The Kier molecular flexibility index (Phi) is 2.12. The van der Waals surface area contributed by atoms with E-state index in [2.05, 4.69) is 13.8 Å². The maximum atomic E-state index is 5.87. The van der Waals surface area contributed by atoms with E-state index in [-0.39, 0.29) is 0 Å². The average molecular weight is 127 g/mol. The van der Waals surface area contributed by atoms with Crippen molar-refractivity contribution in [3.05, 3.63) is 0 Å². The zero-order chi connectivity index (χ0) is 6.85. The van der Waals surface area contributed by atoms with Crippen molar-refractivity contribution >= 4 is 0 Å². The normalized spacial score (nSPS) is 45.0. The fourth-order valence-electron chi connectivity index (χ4n) is 1.58. The average Bonchev–Trinajstić information content (AvgIpc) is 1.80. The summed E-state index contributed by atoms with van der Waals surface area (Å²) in [5, 5.41) is 0. The van der Waals surface area contributed by atoms with Gasteiger partial charge in [0.1, 0.15) is 0 Å². The summed E-state index contributed by atoms with van der Waals surface area (Å²) in [4.78, 5) is 0. The molecule has 0 heterocycles. The Bertz CT molecular complexity index is 90.6. The molecular formula is C8H17N. The van der Waals surface area contributed by atoms with E-state index in [4.69, 9.17) is 5.73 Å². The third kappa shape index (κ3) is 1.68. The highest BCUT2D eigenvalue weighted by Crippen LogP contribution is 2.26. The minimum Gasteiger partial charge on any atom is -0.327 e. The lowest BCUT2D eigenvalue weighted by Crippen LogP contribution is -2.34. The fraction of sp³-hybridized carbons (Fsp3) is 1.00. The van der Waals surface area contributed by atoms with E-state index >= 15 is 0 Å². The van der Waals surface area contributed by atoms with Gasteiger partial charge in [0.25, 0.3) is 0 Å². The summed E-state index contributed by atoms with van der Waals surface area (Å²) in [6.45, 7) is 4.56. The molecule has 0 spiro atoms. The molecule has 1 nitrogen and oxygen atoms in total. The van der Waals surface area contributed by atoms with Crippen molar-refractivity contribution in [1.82, 2.24) is 0 Å². The Labute approximate surface area is 57.6 Å². The van der Waals surface area contributed by atoms with E-state index < -0.39 is 0 Å². The predicted molar refractivity (Wildman–Crippen MR) is 40.2 cm³/mol. The number of hydrogen-bond donors (Lipinski definition) is 1. The quantitative estimate of drug-likeness (QED) is 0.527. The molecule has 0 saturated heterocycles. The van der Waals surface area contributed by atoms with Gasteiger partial charge in [0.2, 0.25) is 0 Å². The van der Waals surface area contributed by atoms with Gasteiger partial charge in [0, 0.05) is 6.04 Å². The number of hydrogen-bond acceptors (Lipinski definition) is 1. The molecule has 0 aromatic heterocycles. The lowest BCUT2D eigenvalue weighted by Gasteiger charge is -2.29. The van der Waals surface area contributed by atoms with Crippen LogP contribution in [-0.2, 0) is 0 Å². The second kappa shape index (κ2) is 2.70. The first-order valence-corrected chi connectivity index (χ1v) is 3.95. The van der Waals surface area contributed by atoms with E-state index in [1.165, 1.54) is 19.3 Å². The van der Waals surface area contributed by atoms with E-state index in [1.807, 2.05) is 0 Å². The molecule has 9 heavy (non-hydrogen) atoms. The zero-order valence-electron chi connectivity index (χ0n) is 6.43. The van der Waals surface area contributed by atoms with Crippen LogP contribution in [0, 0.1) is 11.8 Å². The Hall–Kier alpha value is -0.0400. The SMILES string of the molecule is CC1CC[C@H](C)C[C@@H]1N. The molecule has 1 fully saturated rings. The summed E-state index contributed by atoms with van der Waals surface area (Å²) in [5.74, 6) is 1.64. The van der Waals surface area contributed by atoms with Crippen molar-refractivity contribution in [3.8, 4) is 0 Å². The molecular weight excluding hydrogens is 110 g/mol. The van der Waals surface area contributed by atoms with Crippen LogP contribution in [0.5, 0.6) is 0 Å². The van der Waals surface area contributed by atoms with Gasteiger partial charge < -0.3 is 5.73 Å². The van der Waals surface area contributed by atoms with Crippen LogP contribution in [0.2, 0.25) is 0 Å². The summed E-state index contributed by atoms with van der Waals surface area (Å²) >= 11 is 0. The Morgan fingerprint density at radius 2 is 1.89 bits per heavy atom. The highest BCUT2D eigenvalue weighted by molar-refractivity contribution is 4.77. The Morgan fingerprint density at radius 3 is 2.33 bits per heavy atom. The molecule has 1 saturated carbocycles. The van der Waals surface area contributed by atoms with Crippen molar-refractivity contribution in [2.45, 2.75) is 39.2 Å². The molecule has 1 heteroatoms. The summed E-state index contributed by atoms with van der Waals surface area (Å²) in [6, 6.07) is 0.480. The van der Waals surface area contributed by atoms with Gasteiger partial charge in [-0.15, -0.1) is 0 Å². The highest BCUT2D eigenvalue weighted by atomic mass is 14.7. The summed E-state index contributed by atoms with van der Waals surface area (Å²) in [5.41, 5.74) is 5.87. The number of nitrogens with two attached hydrogens (primary N) is 1. The first-order chi connectivity index (χ1) is 4.20. The summed E-state index contributed by atoms with van der Waals surface area (Å²) < 4.78 is 0. The van der Waals surface area contributed by atoms with E-state index in [0.717, 1.165) is 11.8 Å². The molecule has 54 valence electrons. The van der Waals surface area contributed by atoms with Gasteiger partial charge in [-0.1, -0.05) is 20.3 Å². The lowest BCUT2D eigenvalue weighted by atomic mass is 9.81. The maximum absolute atomic E-state index is 5.87. The van der Waals surface area contributed by atoms with Gasteiger partial charge in [0.15, 0.2) is 0 Å². The van der Waals surface area contributed by atoms with Crippen LogP contribution in [0.15, 0.2) is 0 Å². The third-order valence-electron chi connectivity index (χ3n) is 2.52. The van der Waals surface area contributed by atoms with Crippen LogP contribution in [-0.4, -0.2) is 6.04 Å². The molecule has 0 bridgehead atoms. The zero-order valence-corrected chi connectivity index (χ0v) is 6.43. The molecule has 2 N–H and O–H groups in total. The minimum absolute atomic E-state index is 0.480. The van der Waals surface area contributed by atoms with Crippen LogP contribution in [0.4, 0.5) is 0 Å². The standard InChI is InChI=1S/C8H17N/c1-6-3-4-7(2)8(9)5-6/h6-8H,3-5,9H2,1-2H3/t6-,7?,8-/m0/s1. The van der Waals surface area contributed by atoms with Crippen LogP contribution in [0.3, 0.4) is 0 Å². The Morgan fingerprint density at radius 1 is 1.22 bits per heavy atom. The minimum atomic E-state index is 0.480. The monoisotopic (exact) mass is 127 g/mol. The molecule has 1 aliphatic rings. The van der Waals surface area contributed by atoms with Crippen LogP contribution in [0.1, 0.15) is 33.1 Å². The Balaban J connectivity index is 2.35. The van der Waals surface area contributed by atoms with Crippen LogP contribution >= 0.6 is 0 Å². The maximum Gasteiger partial charge on any atom is 0.00670 e. The van der Waals surface area contributed by atoms with Crippen molar-refractivity contribution in [2.75, 3.05) is 0 Å². The first-order valence-electron chi connectivity index (χ1n) is 3.95. The van der Waals surface area contributed by atoms with E-state index in [1.54, 1.807) is 0 Å². The third-order valence-corrected chi connectivity index (χ3v) is 2.52.